The largest absolute Gasteiger partial charge is 0.326 e. The van der Waals surface area contributed by atoms with Gasteiger partial charge in [-0.05, 0) is 50.9 Å². The molecule has 3 heteroatoms. The van der Waals surface area contributed by atoms with Gasteiger partial charge in [0.1, 0.15) is 0 Å². The van der Waals surface area contributed by atoms with E-state index in [1.54, 1.807) is 0 Å². The zero-order valence-electron chi connectivity index (χ0n) is 12.7. The SMILES string of the molecule is CC(C)CC(C)N(C)C(c1cccc(Br)c1)C(C)N. The summed E-state index contributed by atoms with van der Waals surface area (Å²) in [6, 6.07) is 9.36. The maximum atomic E-state index is 6.23. The van der Waals surface area contributed by atoms with Crippen LogP contribution in [0.1, 0.15) is 45.7 Å². The third-order valence-corrected chi connectivity index (χ3v) is 4.13. The molecular formula is C16H27BrN2. The summed E-state index contributed by atoms with van der Waals surface area (Å²) in [5.41, 5.74) is 7.51. The van der Waals surface area contributed by atoms with Gasteiger partial charge in [-0.3, -0.25) is 4.90 Å². The standard InChI is InChI=1S/C16H27BrN2/c1-11(2)9-12(3)19(5)16(13(4)18)14-7-6-8-15(17)10-14/h6-8,10-13,16H,9,18H2,1-5H3. The number of nitrogens with two attached hydrogens (primary N) is 1. The summed E-state index contributed by atoms with van der Waals surface area (Å²) >= 11 is 3.55. The second kappa shape index (κ2) is 7.41. The van der Waals surface area contributed by atoms with Crippen LogP contribution in [0.4, 0.5) is 0 Å². The molecule has 3 atom stereocenters. The predicted octanol–water partition coefficient (Wildman–Crippen LogP) is 4.20. The van der Waals surface area contributed by atoms with Crippen LogP contribution in [0, 0.1) is 5.92 Å². The summed E-state index contributed by atoms with van der Waals surface area (Å²) in [5.74, 6) is 0.702. The molecule has 0 aliphatic heterocycles. The molecule has 2 nitrogen and oxygen atoms in total. The molecule has 0 fully saturated rings. The Kier molecular flexibility index (Phi) is 6.51. The molecule has 0 saturated heterocycles. The van der Waals surface area contributed by atoms with E-state index in [2.05, 4.69) is 79.8 Å². The molecule has 3 unspecified atom stereocenters. The molecular weight excluding hydrogens is 300 g/mol. The van der Waals surface area contributed by atoms with Gasteiger partial charge in [0.2, 0.25) is 0 Å². The normalized spacial score (nSPS) is 16.7. The van der Waals surface area contributed by atoms with Crippen LogP contribution in [-0.2, 0) is 0 Å². The van der Waals surface area contributed by atoms with Crippen LogP contribution in [-0.4, -0.2) is 24.0 Å². The third-order valence-electron chi connectivity index (χ3n) is 3.63. The third kappa shape index (κ3) is 4.90. The number of halogens is 1. The molecule has 0 radical (unpaired) electrons. The lowest BCUT2D eigenvalue weighted by Gasteiger charge is -2.36. The maximum absolute atomic E-state index is 6.23. The van der Waals surface area contributed by atoms with Gasteiger partial charge in [-0.25, -0.2) is 0 Å². The first kappa shape index (κ1) is 16.7. The van der Waals surface area contributed by atoms with Gasteiger partial charge >= 0.3 is 0 Å². The number of hydrogen-bond donors (Lipinski definition) is 1. The first-order chi connectivity index (χ1) is 8.82. The lowest BCUT2D eigenvalue weighted by Crippen LogP contribution is -2.42. The minimum atomic E-state index is 0.105. The van der Waals surface area contributed by atoms with E-state index in [0.29, 0.717) is 12.0 Å². The van der Waals surface area contributed by atoms with Gasteiger partial charge in [0.25, 0.3) is 0 Å². The zero-order chi connectivity index (χ0) is 14.6. The first-order valence-corrected chi connectivity index (χ1v) is 7.85. The van der Waals surface area contributed by atoms with Gasteiger partial charge in [-0.15, -0.1) is 0 Å². The predicted molar refractivity (Wildman–Crippen MR) is 87.2 cm³/mol. The number of benzene rings is 1. The molecule has 1 aromatic carbocycles. The van der Waals surface area contributed by atoms with E-state index in [9.17, 15) is 0 Å². The average Bonchev–Trinajstić information content (AvgIpc) is 2.27. The molecule has 0 saturated carbocycles. The molecule has 2 N–H and O–H groups in total. The van der Waals surface area contributed by atoms with Crippen LogP contribution in [0.5, 0.6) is 0 Å². The van der Waals surface area contributed by atoms with E-state index < -0.39 is 0 Å². The highest BCUT2D eigenvalue weighted by Gasteiger charge is 2.25. The van der Waals surface area contributed by atoms with Crippen molar-refractivity contribution in [1.29, 1.82) is 0 Å². The highest BCUT2D eigenvalue weighted by molar-refractivity contribution is 9.10. The lowest BCUT2D eigenvalue weighted by molar-refractivity contribution is 0.148. The summed E-state index contributed by atoms with van der Waals surface area (Å²) in [4.78, 5) is 2.41. The highest BCUT2D eigenvalue weighted by atomic mass is 79.9. The Morgan fingerprint density at radius 1 is 1.21 bits per heavy atom. The van der Waals surface area contributed by atoms with Crippen LogP contribution in [0.25, 0.3) is 0 Å². The van der Waals surface area contributed by atoms with Crippen molar-refractivity contribution >= 4 is 15.9 Å². The van der Waals surface area contributed by atoms with Crippen LogP contribution in [0.2, 0.25) is 0 Å². The van der Waals surface area contributed by atoms with Crippen molar-refractivity contribution in [3.8, 4) is 0 Å². The molecule has 19 heavy (non-hydrogen) atoms. The van der Waals surface area contributed by atoms with Crippen molar-refractivity contribution < 1.29 is 0 Å². The van der Waals surface area contributed by atoms with Crippen molar-refractivity contribution in [2.75, 3.05) is 7.05 Å². The van der Waals surface area contributed by atoms with E-state index in [1.807, 2.05) is 0 Å². The minimum absolute atomic E-state index is 0.105. The fourth-order valence-corrected chi connectivity index (χ4v) is 3.14. The molecule has 0 aromatic heterocycles. The van der Waals surface area contributed by atoms with E-state index >= 15 is 0 Å². The number of likely N-dealkylation sites (N-methyl/N-ethyl adjacent to an activating group) is 1. The number of nitrogens with zero attached hydrogens (tertiary/aromatic N) is 1. The Morgan fingerprint density at radius 3 is 2.32 bits per heavy atom. The van der Waals surface area contributed by atoms with Crippen molar-refractivity contribution in [1.82, 2.24) is 4.90 Å². The van der Waals surface area contributed by atoms with Crippen LogP contribution < -0.4 is 5.73 Å². The second-order valence-corrected chi connectivity index (χ2v) is 6.92. The quantitative estimate of drug-likeness (QED) is 0.848. The van der Waals surface area contributed by atoms with Crippen molar-refractivity contribution in [2.45, 2.75) is 52.2 Å². The maximum Gasteiger partial charge on any atom is 0.0496 e. The van der Waals surface area contributed by atoms with Gasteiger partial charge in [0.05, 0.1) is 0 Å². The van der Waals surface area contributed by atoms with Crippen molar-refractivity contribution in [3.63, 3.8) is 0 Å². The molecule has 0 aliphatic carbocycles. The Balaban J connectivity index is 2.94. The summed E-state index contributed by atoms with van der Waals surface area (Å²) in [7, 11) is 2.18. The molecule has 108 valence electrons. The fraction of sp³-hybridized carbons (Fsp3) is 0.625. The van der Waals surface area contributed by atoms with E-state index in [0.717, 1.165) is 4.47 Å². The summed E-state index contributed by atoms with van der Waals surface area (Å²) < 4.78 is 1.11. The van der Waals surface area contributed by atoms with E-state index in [4.69, 9.17) is 5.73 Å². The van der Waals surface area contributed by atoms with Gasteiger partial charge in [0, 0.05) is 22.6 Å². The molecule has 0 heterocycles. The second-order valence-electron chi connectivity index (χ2n) is 6.00. The Hall–Kier alpha value is -0.380. The zero-order valence-corrected chi connectivity index (χ0v) is 14.3. The summed E-state index contributed by atoms with van der Waals surface area (Å²) in [6.07, 6.45) is 1.19. The van der Waals surface area contributed by atoms with Crippen LogP contribution in [0.15, 0.2) is 28.7 Å². The van der Waals surface area contributed by atoms with Crippen molar-refractivity contribution in [2.24, 2.45) is 11.7 Å². The molecule has 0 amide bonds. The molecule has 0 bridgehead atoms. The topological polar surface area (TPSA) is 29.3 Å². The summed E-state index contributed by atoms with van der Waals surface area (Å²) in [5, 5.41) is 0. The molecule has 1 aromatic rings. The first-order valence-electron chi connectivity index (χ1n) is 7.06. The monoisotopic (exact) mass is 326 g/mol. The highest BCUT2D eigenvalue weighted by Crippen LogP contribution is 2.28. The molecule has 0 aliphatic rings. The lowest BCUT2D eigenvalue weighted by atomic mass is 9.96. The molecule has 1 rings (SSSR count). The number of hydrogen-bond acceptors (Lipinski definition) is 2. The van der Waals surface area contributed by atoms with Gasteiger partial charge < -0.3 is 5.73 Å². The fourth-order valence-electron chi connectivity index (χ4n) is 2.72. The van der Waals surface area contributed by atoms with E-state index in [-0.39, 0.29) is 12.1 Å². The van der Waals surface area contributed by atoms with E-state index in [1.165, 1.54) is 12.0 Å². The van der Waals surface area contributed by atoms with Gasteiger partial charge in [-0.2, -0.15) is 0 Å². The van der Waals surface area contributed by atoms with Crippen LogP contribution in [0.3, 0.4) is 0 Å². The van der Waals surface area contributed by atoms with Crippen molar-refractivity contribution in [3.05, 3.63) is 34.3 Å². The van der Waals surface area contributed by atoms with Crippen LogP contribution >= 0.6 is 15.9 Å². The smallest absolute Gasteiger partial charge is 0.0496 e. The Morgan fingerprint density at radius 2 is 1.84 bits per heavy atom. The summed E-state index contributed by atoms with van der Waals surface area (Å²) in [6.45, 7) is 8.91. The molecule has 0 spiro atoms. The minimum Gasteiger partial charge on any atom is -0.326 e. The Bertz CT molecular complexity index is 390. The Labute approximate surface area is 126 Å². The average molecular weight is 327 g/mol. The van der Waals surface area contributed by atoms with Gasteiger partial charge in [-0.1, -0.05) is 41.9 Å². The number of rotatable bonds is 6. The van der Waals surface area contributed by atoms with Gasteiger partial charge in [0.15, 0.2) is 0 Å².